The second-order valence-electron chi connectivity index (χ2n) is 5.75. The fraction of sp³-hybridized carbons (Fsp3) is 0.750. The van der Waals surface area contributed by atoms with Crippen molar-refractivity contribution in [3.8, 4) is 0 Å². The first-order valence-electron chi connectivity index (χ1n) is 7.72. The fourth-order valence-electron chi connectivity index (χ4n) is 3.23. The van der Waals surface area contributed by atoms with E-state index in [0.29, 0.717) is 6.04 Å². The standard InChI is InChI=1S/C16H26ClNS/c1-3-10-18-15(16-14(17)9-11-19-16)13-7-5-12(4-2)6-8-13/h9,11-13,15,18H,3-8,10H2,1-2H3. The Morgan fingerprint density at radius 2 is 2.05 bits per heavy atom. The lowest BCUT2D eigenvalue weighted by Crippen LogP contribution is -2.31. The van der Waals surface area contributed by atoms with Crippen molar-refractivity contribution in [3.63, 3.8) is 0 Å². The first-order valence-corrected chi connectivity index (χ1v) is 8.98. The highest BCUT2D eigenvalue weighted by Crippen LogP contribution is 2.41. The van der Waals surface area contributed by atoms with E-state index < -0.39 is 0 Å². The highest BCUT2D eigenvalue weighted by atomic mass is 35.5. The van der Waals surface area contributed by atoms with Crippen LogP contribution in [0.3, 0.4) is 0 Å². The number of rotatable bonds is 6. The summed E-state index contributed by atoms with van der Waals surface area (Å²) in [7, 11) is 0. The highest BCUT2D eigenvalue weighted by Gasteiger charge is 2.29. The van der Waals surface area contributed by atoms with Gasteiger partial charge in [-0.3, -0.25) is 0 Å². The molecule has 1 heterocycles. The summed E-state index contributed by atoms with van der Waals surface area (Å²) in [5, 5.41) is 6.82. The number of hydrogen-bond donors (Lipinski definition) is 1. The van der Waals surface area contributed by atoms with Crippen LogP contribution in [-0.4, -0.2) is 6.54 Å². The zero-order valence-corrected chi connectivity index (χ0v) is 13.7. The molecule has 3 heteroatoms. The quantitative estimate of drug-likeness (QED) is 0.715. The third-order valence-electron chi connectivity index (χ3n) is 4.48. The molecule has 1 nitrogen and oxygen atoms in total. The van der Waals surface area contributed by atoms with Gasteiger partial charge >= 0.3 is 0 Å². The maximum absolute atomic E-state index is 6.36. The molecule has 1 fully saturated rings. The average Bonchev–Trinajstić information content (AvgIpc) is 2.86. The smallest absolute Gasteiger partial charge is 0.0561 e. The molecule has 1 aromatic heterocycles. The molecule has 0 aliphatic heterocycles. The summed E-state index contributed by atoms with van der Waals surface area (Å²) in [4.78, 5) is 1.36. The normalized spacial score (nSPS) is 25.4. The van der Waals surface area contributed by atoms with Crippen molar-refractivity contribution in [3.05, 3.63) is 21.3 Å². The average molecular weight is 300 g/mol. The first-order chi connectivity index (χ1) is 9.26. The molecule has 0 saturated heterocycles. The Balaban J connectivity index is 2.04. The Morgan fingerprint density at radius 1 is 1.32 bits per heavy atom. The summed E-state index contributed by atoms with van der Waals surface area (Å²) in [6.07, 6.45) is 8.04. The summed E-state index contributed by atoms with van der Waals surface area (Å²) in [5.74, 6) is 1.73. The van der Waals surface area contributed by atoms with Gasteiger partial charge in [-0.1, -0.05) is 44.7 Å². The van der Waals surface area contributed by atoms with Gasteiger partial charge in [-0.2, -0.15) is 0 Å². The predicted octanol–water partition coefficient (Wildman–Crippen LogP) is 5.66. The largest absolute Gasteiger partial charge is 0.309 e. The summed E-state index contributed by atoms with van der Waals surface area (Å²) >= 11 is 8.17. The molecule has 1 unspecified atom stereocenters. The Kier molecular flexibility index (Phi) is 6.18. The minimum Gasteiger partial charge on any atom is -0.309 e. The first kappa shape index (κ1) is 15.3. The van der Waals surface area contributed by atoms with Crippen molar-refractivity contribution in [2.45, 2.75) is 58.4 Å². The van der Waals surface area contributed by atoms with E-state index in [1.807, 2.05) is 17.4 Å². The van der Waals surface area contributed by atoms with Crippen LogP contribution in [0.25, 0.3) is 0 Å². The number of hydrogen-bond acceptors (Lipinski definition) is 2. The van der Waals surface area contributed by atoms with Gasteiger partial charge in [-0.15, -0.1) is 11.3 Å². The van der Waals surface area contributed by atoms with Crippen molar-refractivity contribution in [2.75, 3.05) is 6.54 Å². The van der Waals surface area contributed by atoms with Crippen LogP contribution >= 0.6 is 22.9 Å². The minimum absolute atomic E-state index is 0.477. The van der Waals surface area contributed by atoms with Gasteiger partial charge in [-0.25, -0.2) is 0 Å². The van der Waals surface area contributed by atoms with Gasteiger partial charge in [-0.05, 0) is 49.1 Å². The second-order valence-corrected chi connectivity index (χ2v) is 7.11. The third kappa shape index (κ3) is 3.96. The van der Waals surface area contributed by atoms with Gasteiger partial charge in [0.15, 0.2) is 0 Å². The van der Waals surface area contributed by atoms with E-state index in [1.165, 1.54) is 43.4 Å². The maximum Gasteiger partial charge on any atom is 0.0561 e. The minimum atomic E-state index is 0.477. The van der Waals surface area contributed by atoms with Crippen molar-refractivity contribution in [2.24, 2.45) is 11.8 Å². The second kappa shape index (κ2) is 7.66. The van der Waals surface area contributed by atoms with Gasteiger partial charge in [0.25, 0.3) is 0 Å². The van der Waals surface area contributed by atoms with Gasteiger partial charge < -0.3 is 5.32 Å². The van der Waals surface area contributed by atoms with Gasteiger partial charge in [0.05, 0.1) is 5.02 Å². The summed E-state index contributed by atoms with van der Waals surface area (Å²) in [6.45, 7) is 5.65. The van der Waals surface area contributed by atoms with E-state index in [-0.39, 0.29) is 0 Å². The zero-order chi connectivity index (χ0) is 13.7. The summed E-state index contributed by atoms with van der Waals surface area (Å²) in [6, 6.07) is 2.52. The van der Waals surface area contributed by atoms with Crippen molar-refractivity contribution >= 4 is 22.9 Å². The molecule has 19 heavy (non-hydrogen) atoms. The monoisotopic (exact) mass is 299 g/mol. The number of thiophene rings is 1. The zero-order valence-electron chi connectivity index (χ0n) is 12.1. The molecule has 1 aliphatic carbocycles. The van der Waals surface area contributed by atoms with E-state index in [1.54, 1.807) is 0 Å². The molecule has 0 amide bonds. The van der Waals surface area contributed by atoms with E-state index in [9.17, 15) is 0 Å². The molecule has 0 spiro atoms. The van der Waals surface area contributed by atoms with Gasteiger partial charge in [0.2, 0.25) is 0 Å². The molecule has 1 atom stereocenters. The van der Waals surface area contributed by atoms with Crippen LogP contribution in [0.15, 0.2) is 11.4 Å². The highest BCUT2D eigenvalue weighted by molar-refractivity contribution is 7.10. The van der Waals surface area contributed by atoms with E-state index in [0.717, 1.165) is 23.4 Å². The Morgan fingerprint density at radius 3 is 2.58 bits per heavy atom. The van der Waals surface area contributed by atoms with E-state index in [4.69, 9.17) is 11.6 Å². The molecule has 0 bridgehead atoms. The van der Waals surface area contributed by atoms with Crippen LogP contribution in [-0.2, 0) is 0 Å². The van der Waals surface area contributed by atoms with Crippen molar-refractivity contribution < 1.29 is 0 Å². The Labute approximate surface area is 126 Å². The molecule has 2 rings (SSSR count). The van der Waals surface area contributed by atoms with Crippen LogP contribution in [0, 0.1) is 11.8 Å². The molecule has 0 radical (unpaired) electrons. The predicted molar refractivity (Wildman–Crippen MR) is 86.1 cm³/mol. The molecule has 1 saturated carbocycles. The summed E-state index contributed by atoms with van der Waals surface area (Å²) < 4.78 is 0. The fourth-order valence-corrected chi connectivity index (χ4v) is 4.57. The molecule has 108 valence electrons. The molecule has 1 aliphatic rings. The Bertz CT molecular complexity index is 369. The molecule has 0 aromatic carbocycles. The topological polar surface area (TPSA) is 12.0 Å². The molecular formula is C16H26ClNS. The SMILES string of the molecule is CCCNC(c1sccc1Cl)C1CCC(CC)CC1. The van der Waals surface area contributed by atoms with E-state index in [2.05, 4.69) is 24.5 Å². The maximum atomic E-state index is 6.36. The number of nitrogens with one attached hydrogen (secondary N) is 1. The van der Waals surface area contributed by atoms with Crippen molar-refractivity contribution in [1.82, 2.24) is 5.32 Å². The van der Waals surface area contributed by atoms with E-state index >= 15 is 0 Å². The molecule has 1 aromatic rings. The van der Waals surface area contributed by atoms with Crippen LogP contribution in [0.5, 0.6) is 0 Å². The van der Waals surface area contributed by atoms with Crippen LogP contribution in [0.1, 0.15) is 63.3 Å². The third-order valence-corrected chi connectivity index (χ3v) is 5.92. The summed E-state index contributed by atoms with van der Waals surface area (Å²) in [5.41, 5.74) is 0. The van der Waals surface area contributed by atoms with Gasteiger partial charge in [0, 0.05) is 10.9 Å². The molecule has 1 N–H and O–H groups in total. The van der Waals surface area contributed by atoms with Crippen LogP contribution in [0.2, 0.25) is 5.02 Å². The lowest BCUT2D eigenvalue weighted by atomic mass is 9.77. The van der Waals surface area contributed by atoms with Crippen LogP contribution < -0.4 is 5.32 Å². The van der Waals surface area contributed by atoms with Crippen molar-refractivity contribution in [1.29, 1.82) is 0 Å². The molecular weight excluding hydrogens is 274 g/mol. The Hall–Kier alpha value is -0.0500. The lowest BCUT2D eigenvalue weighted by Gasteiger charge is -2.34. The lowest BCUT2D eigenvalue weighted by molar-refractivity contribution is 0.220. The van der Waals surface area contributed by atoms with Gasteiger partial charge in [0.1, 0.15) is 0 Å². The van der Waals surface area contributed by atoms with Crippen LogP contribution in [0.4, 0.5) is 0 Å². The number of halogens is 1.